The standard InChI is InChI=1S/C24H37NO2/c1-3-4-5-6-13-25-22-15-19-18(17-8-7-16(26)14-20(17)22)11-12-24(2)21(19)9-10-23(24)27/h7-8,14,18-19,21-23,25-27H,3-6,9-13,15H2,1-2H3/t18?,19?,21?,22?,23-,24-/m0/s1. The molecule has 0 aliphatic heterocycles. The topological polar surface area (TPSA) is 52.5 Å². The molecule has 6 atom stereocenters. The van der Waals surface area contributed by atoms with Crippen molar-refractivity contribution in [2.24, 2.45) is 17.3 Å². The van der Waals surface area contributed by atoms with Crippen LogP contribution < -0.4 is 5.32 Å². The van der Waals surface area contributed by atoms with E-state index in [0.29, 0.717) is 29.5 Å². The summed E-state index contributed by atoms with van der Waals surface area (Å²) in [6, 6.07) is 6.40. The molecule has 0 radical (unpaired) electrons. The van der Waals surface area contributed by atoms with Crippen molar-refractivity contribution >= 4 is 0 Å². The van der Waals surface area contributed by atoms with Crippen molar-refractivity contribution < 1.29 is 10.2 Å². The van der Waals surface area contributed by atoms with Crippen molar-refractivity contribution in [1.82, 2.24) is 5.32 Å². The molecule has 3 nitrogen and oxygen atoms in total. The number of hydrogen-bond acceptors (Lipinski definition) is 3. The van der Waals surface area contributed by atoms with E-state index in [1.807, 2.05) is 12.1 Å². The molecule has 4 rings (SSSR count). The monoisotopic (exact) mass is 371 g/mol. The molecule has 0 aromatic heterocycles. The molecule has 2 saturated carbocycles. The van der Waals surface area contributed by atoms with Gasteiger partial charge in [-0.15, -0.1) is 0 Å². The lowest BCUT2D eigenvalue weighted by Crippen LogP contribution is -2.45. The molecule has 1 aromatic rings. The van der Waals surface area contributed by atoms with E-state index < -0.39 is 0 Å². The number of aliphatic hydroxyl groups excluding tert-OH is 1. The zero-order chi connectivity index (χ0) is 19.0. The zero-order valence-corrected chi connectivity index (χ0v) is 17.1. The SMILES string of the molecule is CCCCCCNC1CC2C(CC[C@@]3(C)C2CC[C@@H]3O)c2ccc(O)cc21. The van der Waals surface area contributed by atoms with E-state index in [0.717, 1.165) is 25.8 Å². The maximum atomic E-state index is 10.6. The lowest BCUT2D eigenvalue weighted by molar-refractivity contribution is -0.0260. The molecular formula is C24H37NO2. The van der Waals surface area contributed by atoms with Crippen molar-refractivity contribution in [2.75, 3.05) is 6.54 Å². The Morgan fingerprint density at radius 3 is 2.78 bits per heavy atom. The van der Waals surface area contributed by atoms with Crippen LogP contribution in [-0.4, -0.2) is 22.9 Å². The number of rotatable bonds is 6. The molecule has 0 spiro atoms. The highest BCUT2D eigenvalue weighted by Gasteiger charge is 2.55. The Morgan fingerprint density at radius 2 is 1.96 bits per heavy atom. The summed E-state index contributed by atoms with van der Waals surface area (Å²) in [6.45, 7) is 5.65. The Bertz CT molecular complexity index is 660. The van der Waals surface area contributed by atoms with Crippen LogP contribution in [0.25, 0.3) is 0 Å². The normalized spacial score (nSPS) is 37.5. The molecule has 0 bridgehead atoms. The lowest BCUT2D eigenvalue weighted by Gasteiger charge is -2.51. The molecule has 150 valence electrons. The van der Waals surface area contributed by atoms with Gasteiger partial charge in [-0.25, -0.2) is 0 Å². The number of unbranched alkanes of at least 4 members (excludes halogenated alkanes) is 3. The maximum absolute atomic E-state index is 10.6. The molecule has 0 heterocycles. The van der Waals surface area contributed by atoms with Crippen LogP contribution in [0, 0.1) is 17.3 Å². The number of nitrogens with one attached hydrogen (secondary N) is 1. The third-order valence-corrected chi connectivity index (χ3v) is 8.16. The molecule has 0 amide bonds. The minimum Gasteiger partial charge on any atom is -0.508 e. The summed E-state index contributed by atoms with van der Waals surface area (Å²) in [7, 11) is 0. The predicted octanol–water partition coefficient (Wildman–Crippen LogP) is 5.28. The van der Waals surface area contributed by atoms with Crippen molar-refractivity contribution in [2.45, 2.75) is 89.7 Å². The van der Waals surface area contributed by atoms with Gasteiger partial charge in [-0.05, 0) is 91.5 Å². The highest BCUT2D eigenvalue weighted by Crippen LogP contribution is 2.62. The Hall–Kier alpha value is -1.06. The third kappa shape index (κ3) is 3.42. The van der Waals surface area contributed by atoms with Crippen molar-refractivity contribution in [3.63, 3.8) is 0 Å². The summed E-state index contributed by atoms with van der Waals surface area (Å²) in [5, 5.41) is 24.6. The highest BCUT2D eigenvalue weighted by molar-refractivity contribution is 5.42. The van der Waals surface area contributed by atoms with Gasteiger partial charge in [-0.1, -0.05) is 39.2 Å². The Kier molecular flexibility index (Phi) is 5.53. The van der Waals surface area contributed by atoms with E-state index >= 15 is 0 Å². The van der Waals surface area contributed by atoms with Crippen molar-refractivity contribution in [1.29, 1.82) is 0 Å². The van der Waals surface area contributed by atoms with Crippen LogP contribution in [-0.2, 0) is 0 Å². The average Bonchev–Trinajstić information content (AvgIpc) is 2.96. The van der Waals surface area contributed by atoms with Crippen LogP contribution >= 0.6 is 0 Å². The quantitative estimate of drug-likeness (QED) is 0.597. The van der Waals surface area contributed by atoms with Gasteiger partial charge in [0.25, 0.3) is 0 Å². The molecule has 3 aliphatic rings. The molecular weight excluding hydrogens is 334 g/mol. The Balaban J connectivity index is 1.57. The largest absolute Gasteiger partial charge is 0.508 e. The van der Waals surface area contributed by atoms with Crippen LogP contribution in [0.4, 0.5) is 0 Å². The number of phenols is 1. The van der Waals surface area contributed by atoms with Crippen LogP contribution in [0.15, 0.2) is 18.2 Å². The van der Waals surface area contributed by atoms with Crippen LogP contribution in [0.2, 0.25) is 0 Å². The third-order valence-electron chi connectivity index (χ3n) is 8.16. The second kappa shape index (κ2) is 7.75. The fourth-order valence-corrected chi connectivity index (χ4v) is 6.60. The van der Waals surface area contributed by atoms with Crippen molar-refractivity contribution in [3.05, 3.63) is 29.3 Å². The van der Waals surface area contributed by atoms with E-state index in [-0.39, 0.29) is 11.5 Å². The molecule has 3 aliphatic carbocycles. The van der Waals surface area contributed by atoms with Gasteiger partial charge in [0.15, 0.2) is 0 Å². The van der Waals surface area contributed by atoms with Crippen LogP contribution in [0.5, 0.6) is 5.75 Å². The van der Waals surface area contributed by atoms with E-state index in [2.05, 4.69) is 25.2 Å². The summed E-state index contributed by atoms with van der Waals surface area (Å²) in [5.41, 5.74) is 2.90. The molecule has 2 fully saturated rings. The van der Waals surface area contributed by atoms with Gasteiger partial charge >= 0.3 is 0 Å². The summed E-state index contributed by atoms with van der Waals surface area (Å²) >= 11 is 0. The summed E-state index contributed by atoms with van der Waals surface area (Å²) in [5.74, 6) is 2.28. The van der Waals surface area contributed by atoms with E-state index in [9.17, 15) is 10.2 Å². The fourth-order valence-electron chi connectivity index (χ4n) is 6.60. The molecule has 1 aromatic carbocycles. The van der Waals surface area contributed by atoms with Gasteiger partial charge < -0.3 is 15.5 Å². The van der Waals surface area contributed by atoms with Gasteiger partial charge in [0.05, 0.1) is 6.10 Å². The van der Waals surface area contributed by atoms with Gasteiger partial charge in [-0.3, -0.25) is 0 Å². The maximum Gasteiger partial charge on any atom is 0.115 e. The number of aromatic hydroxyl groups is 1. The predicted molar refractivity (Wildman–Crippen MR) is 110 cm³/mol. The molecule has 3 heteroatoms. The molecule has 27 heavy (non-hydrogen) atoms. The molecule has 3 N–H and O–H groups in total. The first kappa shape index (κ1) is 19.3. The minimum atomic E-state index is -0.120. The summed E-state index contributed by atoms with van der Waals surface area (Å²) < 4.78 is 0. The number of aliphatic hydroxyl groups is 1. The van der Waals surface area contributed by atoms with Crippen LogP contribution in [0.1, 0.15) is 94.7 Å². The zero-order valence-electron chi connectivity index (χ0n) is 17.1. The van der Waals surface area contributed by atoms with Gasteiger partial charge in [0, 0.05) is 6.04 Å². The smallest absolute Gasteiger partial charge is 0.115 e. The van der Waals surface area contributed by atoms with E-state index in [1.165, 1.54) is 49.7 Å². The average molecular weight is 372 g/mol. The minimum absolute atomic E-state index is 0.112. The number of fused-ring (bicyclic) bond motifs is 5. The number of benzene rings is 1. The first-order chi connectivity index (χ1) is 13.0. The first-order valence-corrected chi connectivity index (χ1v) is 11.3. The second-order valence-electron chi connectivity index (χ2n) is 9.63. The van der Waals surface area contributed by atoms with Crippen molar-refractivity contribution in [3.8, 4) is 5.75 Å². The second-order valence-corrected chi connectivity index (χ2v) is 9.63. The summed E-state index contributed by atoms with van der Waals surface area (Å²) in [6.07, 6.45) is 10.6. The van der Waals surface area contributed by atoms with Gasteiger partial charge in [0.2, 0.25) is 0 Å². The Morgan fingerprint density at radius 1 is 1.11 bits per heavy atom. The van der Waals surface area contributed by atoms with Gasteiger partial charge in [-0.2, -0.15) is 0 Å². The fraction of sp³-hybridized carbons (Fsp3) is 0.750. The Labute approximate surface area is 164 Å². The number of hydrogen-bond donors (Lipinski definition) is 3. The molecule has 4 unspecified atom stereocenters. The first-order valence-electron chi connectivity index (χ1n) is 11.3. The lowest BCUT2D eigenvalue weighted by atomic mass is 9.54. The number of phenolic OH excluding ortho intramolecular Hbond substituents is 1. The molecule has 0 saturated heterocycles. The highest BCUT2D eigenvalue weighted by atomic mass is 16.3. The van der Waals surface area contributed by atoms with Gasteiger partial charge in [0.1, 0.15) is 5.75 Å². The van der Waals surface area contributed by atoms with E-state index in [1.54, 1.807) is 0 Å². The summed E-state index contributed by atoms with van der Waals surface area (Å²) in [4.78, 5) is 0. The van der Waals surface area contributed by atoms with Crippen LogP contribution in [0.3, 0.4) is 0 Å². The van der Waals surface area contributed by atoms with E-state index in [4.69, 9.17) is 0 Å².